The Kier molecular flexibility index (Phi) is 8.82. The van der Waals surface area contributed by atoms with E-state index >= 15 is 0 Å². The van der Waals surface area contributed by atoms with E-state index in [0.717, 1.165) is 11.2 Å². The maximum atomic E-state index is 13.4. The Morgan fingerprint density at radius 2 is 1.83 bits per heavy atom. The first kappa shape index (κ1) is 26.5. The molecule has 0 spiro atoms. The molecule has 11 nitrogen and oxygen atoms in total. The van der Waals surface area contributed by atoms with Gasteiger partial charge in [0.25, 0.3) is 5.91 Å². The number of hydrogen-bond donors (Lipinski definition) is 2. The molecule has 1 aromatic heterocycles. The Bertz CT molecular complexity index is 1200. The highest BCUT2D eigenvalue weighted by atomic mass is 16.5. The molecule has 0 radical (unpaired) electrons. The Morgan fingerprint density at radius 1 is 1.08 bits per heavy atom. The van der Waals surface area contributed by atoms with Crippen LogP contribution in [0.2, 0.25) is 0 Å². The van der Waals surface area contributed by atoms with Crippen LogP contribution in [0.3, 0.4) is 0 Å². The number of carbonyl (C=O) groups excluding carboxylic acids is 2. The summed E-state index contributed by atoms with van der Waals surface area (Å²) in [5.74, 6) is 1.04. The van der Waals surface area contributed by atoms with Gasteiger partial charge in [0.05, 0.1) is 14.2 Å². The van der Waals surface area contributed by atoms with Gasteiger partial charge in [-0.3, -0.25) is 14.5 Å². The summed E-state index contributed by atoms with van der Waals surface area (Å²) in [6.07, 6.45) is 0.820. The number of ether oxygens (including phenoxy) is 2. The van der Waals surface area contributed by atoms with Crippen LogP contribution in [0.15, 0.2) is 42.5 Å². The van der Waals surface area contributed by atoms with E-state index in [-0.39, 0.29) is 18.2 Å². The number of tetrazole rings is 1. The summed E-state index contributed by atoms with van der Waals surface area (Å²) in [4.78, 5) is 28.7. The zero-order chi connectivity index (χ0) is 26.2. The van der Waals surface area contributed by atoms with Gasteiger partial charge in [0.1, 0.15) is 18.3 Å². The molecule has 0 unspecified atom stereocenters. The lowest BCUT2D eigenvalue weighted by atomic mass is 10.1. The van der Waals surface area contributed by atoms with Crippen molar-refractivity contribution in [1.29, 1.82) is 0 Å². The van der Waals surface area contributed by atoms with E-state index in [1.165, 1.54) is 24.1 Å². The number of rotatable bonds is 11. The molecule has 0 aliphatic rings. The Morgan fingerprint density at radius 3 is 2.50 bits per heavy atom. The molecule has 1 atom stereocenters. The first-order chi connectivity index (χ1) is 17.2. The van der Waals surface area contributed by atoms with E-state index in [0.29, 0.717) is 41.0 Å². The van der Waals surface area contributed by atoms with Gasteiger partial charge < -0.3 is 19.9 Å². The fraction of sp³-hybridized carbons (Fsp3) is 0.400. The lowest BCUT2D eigenvalue weighted by molar-refractivity contribution is -0.126. The number of aromatic nitrogens is 4. The molecule has 3 rings (SSSR count). The molecule has 192 valence electrons. The summed E-state index contributed by atoms with van der Waals surface area (Å²) >= 11 is 0. The van der Waals surface area contributed by atoms with Crippen molar-refractivity contribution in [3.05, 3.63) is 42.5 Å². The Hall–Kier alpha value is -4.15. The fourth-order valence-electron chi connectivity index (χ4n) is 3.57. The number of aromatic hydroxyl groups is 1. The predicted molar refractivity (Wildman–Crippen MR) is 134 cm³/mol. The maximum Gasteiger partial charge on any atom is 0.251 e. The molecule has 2 N–H and O–H groups in total. The Labute approximate surface area is 210 Å². The Balaban J connectivity index is 1.81. The quantitative estimate of drug-likeness (QED) is 0.414. The monoisotopic (exact) mass is 496 g/mol. The van der Waals surface area contributed by atoms with Crippen LogP contribution in [0, 0.1) is 5.92 Å². The average molecular weight is 497 g/mol. The van der Waals surface area contributed by atoms with E-state index in [2.05, 4.69) is 34.6 Å². The topological polar surface area (TPSA) is 132 Å². The molecule has 2 amide bonds. The molecule has 1 heterocycles. The molecular formula is C25H32N6O5. The van der Waals surface area contributed by atoms with E-state index in [1.807, 2.05) is 0 Å². The minimum absolute atomic E-state index is 0.0210. The van der Waals surface area contributed by atoms with Gasteiger partial charge in [0, 0.05) is 23.9 Å². The van der Waals surface area contributed by atoms with Crippen LogP contribution in [0.25, 0.3) is 11.4 Å². The number of nitrogens with one attached hydrogen (secondary N) is 1. The highest BCUT2D eigenvalue weighted by Gasteiger charge is 2.28. The van der Waals surface area contributed by atoms with Gasteiger partial charge in [-0.1, -0.05) is 19.9 Å². The fourth-order valence-corrected chi connectivity index (χ4v) is 3.57. The lowest BCUT2D eigenvalue weighted by Crippen LogP contribution is -2.49. The molecule has 36 heavy (non-hydrogen) atoms. The molecule has 2 aromatic carbocycles. The average Bonchev–Trinajstić information content (AvgIpc) is 3.31. The number of methoxy groups -OCH3 is 2. The molecule has 0 bridgehead atoms. The lowest BCUT2D eigenvalue weighted by Gasteiger charge is -2.28. The van der Waals surface area contributed by atoms with Crippen LogP contribution in [0.4, 0.5) is 5.69 Å². The van der Waals surface area contributed by atoms with E-state index in [4.69, 9.17) is 9.47 Å². The van der Waals surface area contributed by atoms with Crippen molar-refractivity contribution in [2.75, 3.05) is 25.7 Å². The minimum atomic E-state index is -0.833. The third-order valence-corrected chi connectivity index (χ3v) is 5.54. The van der Waals surface area contributed by atoms with Crippen LogP contribution in [0.1, 0.15) is 27.2 Å². The second-order valence-corrected chi connectivity index (χ2v) is 8.65. The molecule has 11 heteroatoms. The number of carbonyl (C=O) groups is 2. The second-order valence-electron chi connectivity index (χ2n) is 8.65. The molecule has 3 aromatic rings. The number of phenols is 1. The highest BCUT2D eigenvalue weighted by molar-refractivity contribution is 6.00. The number of nitrogens with zero attached hydrogens (tertiary/aromatic N) is 5. The van der Waals surface area contributed by atoms with Crippen LogP contribution in [-0.2, 0) is 16.1 Å². The van der Waals surface area contributed by atoms with E-state index < -0.39 is 11.9 Å². The van der Waals surface area contributed by atoms with Crippen molar-refractivity contribution in [3.8, 4) is 28.6 Å². The van der Waals surface area contributed by atoms with Crippen LogP contribution in [0.5, 0.6) is 17.2 Å². The first-order valence-electron chi connectivity index (χ1n) is 11.6. The standard InChI is InChI=1S/C25H32N6O5/c1-16(2)11-12-26-25(34)17(3)31(19-7-6-8-20(32)14-19)23(33)15-30-28-24(27-29-30)18-9-10-21(35-4)22(13-18)36-5/h6-10,13-14,16-17,32H,11-12,15H2,1-5H3,(H,26,34)/t17-/m0/s1. The van der Waals surface area contributed by atoms with Crippen molar-refractivity contribution in [2.45, 2.75) is 39.8 Å². The van der Waals surface area contributed by atoms with Gasteiger partial charge in [-0.15, -0.1) is 10.2 Å². The largest absolute Gasteiger partial charge is 0.508 e. The van der Waals surface area contributed by atoms with Gasteiger partial charge in [-0.05, 0) is 54.8 Å². The summed E-state index contributed by atoms with van der Waals surface area (Å²) in [6.45, 7) is 6.01. The van der Waals surface area contributed by atoms with Gasteiger partial charge in [0.2, 0.25) is 11.7 Å². The van der Waals surface area contributed by atoms with Crippen molar-refractivity contribution in [2.24, 2.45) is 5.92 Å². The molecule has 0 aliphatic heterocycles. The third-order valence-electron chi connectivity index (χ3n) is 5.54. The van der Waals surface area contributed by atoms with Crippen LogP contribution < -0.4 is 19.7 Å². The maximum absolute atomic E-state index is 13.4. The van der Waals surface area contributed by atoms with Gasteiger partial charge in [-0.2, -0.15) is 4.80 Å². The van der Waals surface area contributed by atoms with Crippen LogP contribution >= 0.6 is 0 Å². The van der Waals surface area contributed by atoms with Gasteiger partial charge >= 0.3 is 0 Å². The second kappa shape index (κ2) is 12.0. The van der Waals surface area contributed by atoms with Crippen molar-refractivity contribution >= 4 is 17.5 Å². The molecule has 0 fully saturated rings. The minimum Gasteiger partial charge on any atom is -0.508 e. The zero-order valence-electron chi connectivity index (χ0n) is 21.1. The van der Waals surface area contributed by atoms with Crippen LogP contribution in [-0.4, -0.2) is 63.9 Å². The van der Waals surface area contributed by atoms with Crippen molar-refractivity contribution < 1.29 is 24.2 Å². The summed E-state index contributed by atoms with van der Waals surface area (Å²) in [5, 5.41) is 25.2. The summed E-state index contributed by atoms with van der Waals surface area (Å²) < 4.78 is 10.6. The molecular weight excluding hydrogens is 464 g/mol. The van der Waals surface area contributed by atoms with E-state index in [9.17, 15) is 14.7 Å². The third kappa shape index (κ3) is 6.49. The predicted octanol–water partition coefficient (Wildman–Crippen LogP) is 2.65. The molecule has 0 saturated carbocycles. The number of hydrogen-bond acceptors (Lipinski definition) is 8. The smallest absolute Gasteiger partial charge is 0.251 e. The molecule has 0 saturated heterocycles. The summed E-state index contributed by atoms with van der Waals surface area (Å²) in [7, 11) is 3.07. The summed E-state index contributed by atoms with van der Waals surface area (Å²) in [5.41, 5.74) is 1.01. The summed E-state index contributed by atoms with van der Waals surface area (Å²) in [6, 6.07) is 10.5. The number of benzene rings is 2. The van der Waals surface area contributed by atoms with Crippen molar-refractivity contribution in [3.63, 3.8) is 0 Å². The molecule has 0 aliphatic carbocycles. The number of phenolic OH excluding ortho intramolecular Hbond substituents is 1. The number of anilines is 1. The van der Waals surface area contributed by atoms with E-state index in [1.54, 1.807) is 44.4 Å². The normalized spacial score (nSPS) is 11.7. The van der Waals surface area contributed by atoms with Crippen molar-refractivity contribution in [1.82, 2.24) is 25.5 Å². The SMILES string of the molecule is COc1ccc(-c2nnn(CC(=O)N(c3cccc(O)c3)[C@@H](C)C(=O)NCCC(C)C)n2)cc1OC. The number of amides is 2. The zero-order valence-corrected chi connectivity index (χ0v) is 21.1. The van der Waals surface area contributed by atoms with Gasteiger partial charge in [0.15, 0.2) is 11.5 Å². The van der Waals surface area contributed by atoms with Gasteiger partial charge in [-0.25, -0.2) is 0 Å². The first-order valence-corrected chi connectivity index (χ1v) is 11.6. The highest BCUT2D eigenvalue weighted by Crippen LogP contribution is 2.30.